The number of unbranched alkanes of at least 4 members (excludes halogenated alkanes) is 2. The van der Waals surface area contributed by atoms with E-state index in [9.17, 15) is 24.0 Å². The third-order valence-electron chi connectivity index (χ3n) is 4.82. The fourth-order valence-electron chi connectivity index (χ4n) is 2.97. The molecular formula is C22H31N3O9. The zero-order valence-electron chi connectivity index (χ0n) is 19.1. The first-order valence-electron chi connectivity index (χ1n) is 10.8. The Morgan fingerprint density at radius 1 is 0.912 bits per heavy atom. The highest BCUT2D eigenvalue weighted by atomic mass is 16.5. The van der Waals surface area contributed by atoms with E-state index in [2.05, 4.69) is 16.0 Å². The number of likely N-dealkylation sites (N-methyl/N-ethyl adjacent to an activating group) is 1. The Balaban J connectivity index is 2.95. The highest BCUT2D eigenvalue weighted by Crippen LogP contribution is 2.16. The second-order valence-electron chi connectivity index (χ2n) is 7.52. The summed E-state index contributed by atoms with van der Waals surface area (Å²) in [4.78, 5) is 58.2. The lowest BCUT2D eigenvalue weighted by Crippen LogP contribution is -2.53. The number of ether oxygens (including phenoxy) is 1. The highest BCUT2D eigenvalue weighted by molar-refractivity contribution is 5.96. The fraction of sp³-hybridized carbons (Fsp3) is 0.500. The van der Waals surface area contributed by atoms with E-state index in [1.54, 1.807) is 0 Å². The Hall–Kier alpha value is -3.67. The van der Waals surface area contributed by atoms with Gasteiger partial charge in [0.25, 0.3) is 6.10 Å². The van der Waals surface area contributed by atoms with Gasteiger partial charge in [0, 0.05) is 13.0 Å². The van der Waals surface area contributed by atoms with E-state index in [1.807, 2.05) is 6.92 Å². The Morgan fingerprint density at radius 2 is 1.53 bits per heavy atom. The van der Waals surface area contributed by atoms with Crippen molar-refractivity contribution in [2.45, 2.75) is 57.2 Å². The molecule has 0 saturated carbocycles. The van der Waals surface area contributed by atoms with Crippen molar-refractivity contribution in [3.8, 4) is 5.75 Å². The van der Waals surface area contributed by atoms with Crippen LogP contribution in [0.15, 0.2) is 24.3 Å². The second kappa shape index (κ2) is 14.5. The third kappa shape index (κ3) is 9.86. The molecule has 0 saturated heterocycles. The maximum atomic E-state index is 12.7. The molecule has 0 aliphatic heterocycles. The monoisotopic (exact) mass is 481 g/mol. The zero-order chi connectivity index (χ0) is 25.7. The molecule has 6 N–H and O–H groups in total. The number of nitrogens with one attached hydrogen (secondary N) is 3. The summed E-state index contributed by atoms with van der Waals surface area (Å²) in [6, 6.07) is 3.68. The number of aliphatic carboxylic acids is 3. The summed E-state index contributed by atoms with van der Waals surface area (Å²) in [7, 11) is 1.44. The summed E-state index contributed by atoms with van der Waals surface area (Å²) in [5.74, 6) is -5.57. The number of amides is 2. The molecule has 0 aliphatic rings. The molecule has 0 aliphatic carbocycles. The van der Waals surface area contributed by atoms with Crippen LogP contribution in [0, 0.1) is 0 Å². The minimum Gasteiger partial charge on any atom is -0.481 e. The zero-order valence-corrected chi connectivity index (χ0v) is 19.1. The molecule has 0 aromatic heterocycles. The first-order valence-corrected chi connectivity index (χ1v) is 10.8. The van der Waals surface area contributed by atoms with Gasteiger partial charge in [-0.2, -0.15) is 0 Å². The summed E-state index contributed by atoms with van der Waals surface area (Å²) in [6.07, 6.45) is 0.173. The van der Waals surface area contributed by atoms with Crippen LogP contribution in [0.1, 0.15) is 38.2 Å². The van der Waals surface area contributed by atoms with Gasteiger partial charge in [0.2, 0.25) is 11.8 Å². The maximum Gasteiger partial charge on any atom is 0.356 e. The molecule has 0 radical (unpaired) electrons. The van der Waals surface area contributed by atoms with Gasteiger partial charge in [-0.15, -0.1) is 0 Å². The number of hydrogen-bond donors (Lipinski definition) is 6. The van der Waals surface area contributed by atoms with Crippen molar-refractivity contribution in [1.82, 2.24) is 16.0 Å². The third-order valence-corrected chi connectivity index (χ3v) is 4.82. The lowest BCUT2D eigenvalue weighted by Gasteiger charge is -2.22. The highest BCUT2D eigenvalue weighted by Gasteiger charge is 2.28. The van der Waals surface area contributed by atoms with Crippen molar-refractivity contribution in [3.05, 3.63) is 29.8 Å². The minimum atomic E-state index is -2.07. The van der Waals surface area contributed by atoms with E-state index in [0.29, 0.717) is 12.1 Å². The van der Waals surface area contributed by atoms with E-state index in [-0.39, 0.29) is 12.2 Å². The van der Waals surface area contributed by atoms with E-state index in [4.69, 9.17) is 20.1 Å². The van der Waals surface area contributed by atoms with E-state index in [0.717, 1.165) is 19.3 Å². The average molecular weight is 482 g/mol. The van der Waals surface area contributed by atoms with Crippen molar-refractivity contribution in [2.24, 2.45) is 0 Å². The molecule has 1 rings (SSSR count). The lowest BCUT2D eigenvalue weighted by molar-refractivity contribution is -0.159. The normalized spacial score (nSPS) is 12.4. The van der Waals surface area contributed by atoms with Crippen LogP contribution in [0.3, 0.4) is 0 Å². The Morgan fingerprint density at radius 3 is 2.03 bits per heavy atom. The van der Waals surface area contributed by atoms with E-state index >= 15 is 0 Å². The summed E-state index contributed by atoms with van der Waals surface area (Å²) in [5.41, 5.74) is 0.572. The van der Waals surface area contributed by atoms with Crippen LogP contribution in [0.25, 0.3) is 0 Å². The molecule has 0 heterocycles. The van der Waals surface area contributed by atoms with Gasteiger partial charge in [-0.1, -0.05) is 31.9 Å². The molecule has 0 spiro atoms. The number of benzene rings is 1. The maximum absolute atomic E-state index is 12.7. The Bertz CT molecular complexity index is 844. The van der Waals surface area contributed by atoms with Gasteiger partial charge in [0.05, 0.1) is 12.5 Å². The number of rotatable bonds is 16. The average Bonchev–Trinajstić information content (AvgIpc) is 2.78. The van der Waals surface area contributed by atoms with Crippen LogP contribution < -0.4 is 20.7 Å². The standard InChI is InChI=1S/C22H31N3O9/c1-3-4-5-10-24-19(28)16(25-20(29)15(23-2)12-17(26)27)11-13-6-8-14(9-7-13)34-18(21(30)31)22(32)33/h6-9,15-16,18,23H,3-5,10-12H2,1-2H3,(H,24,28)(H,25,29)(H,26,27)(H,30,31)(H,32,33). The van der Waals surface area contributed by atoms with Crippen LogP contribution in [0.5, 0.6) is 5.75 Å². The van der Waals surface area contributed by atoms with Gasteiger partial charge in [-0.05, 0) is 31.2 Å². The van der Waals surface area contributed by atoms with Crippen LogP contribution in [0.2, 0.25) is 0 Å². The molecule has 2 unspecified atom stereocenters. The van der Waals surface area contributed by atoms with Crippen molar-refractivity contribution in [1.29, 1.82) is 0 Å². The minimum absolute atomic E-state index is 0.000132. The van der Waals surface area contributed by atoms with Crippen molar-refractivity contribution in [3.63, 3.8) is 0 Å². The summed E-state index contributed by atoms with van der Waals surface area (Å²) in [5, 5.41) is 34.8. The summed E-state index contributed by atoms with van der Waals surface area (Å²) >= 11 is 0. The molecule has 12 heteroatoms. The molecule has 0 fully saturated rings. The SMILES string of the molecule is CCCCCNC(=O)C(Cc1ccc(OC(C(=O)O)C(=O)O)cc1)NC(=O)C(CC(=O)O)NC. The molecule has 1 aromatic rings. The van der Waals surface area contributed by atoms with Gasteiger partial charge in [0.1, 0.15) is 11.8 Å². The summed E-state index contributed by atoms with van der Waals surface area (Å²) in [6.45, 7) is 2.44. The molecule has 1 aromatic carbocycles. The van der Waals surface area contributed by atoms with Crippen molar-refractivity contribution >= 4 is 29.7 Å². The van der Waals surface area contributed by atoms with E-state index < -0.39 is 54.3 Å². The lowest BCUT2D eigenvalue weighted by atomic mass is 10.0. The number of carbonyl (C=O) groups is 5. The fourth-order valence-corrected chi connectivity index (χ4v) is 2.97. The first-order chi connectivity index (χ1) is 16.1. The van der Waals surface area contributed by atoms with Gasteiger partial charge in [-0.25, -0.2) is 9.59 Å². The predicted octanol–water partition coefficient (Wildman–Crippen LogP) is -0.000400. The molecule has 2 amide bonds. The number of carboxylic acids is 3. The van der Waals surface area contributed by atoms with Crippen molar-refractivity contribution in [2.75, 3.05) is 13.6 Å². The molecular weight excluding hydrogens is 450 g/mol. The molecule has 12 nitrogen and oxygen atoms in total. The molecule has 34 heavy (non-hydrogen) atoms. The summed E-state index contributed by atoms with van der Waals surface area (Å²) < 4.78 is 4.96. The number of hydrogen-bond acceptors (Lipinski definition) is 7. The van der Waals surface area contributed by atoms with Gasteiger partial charge < -0.3 is 36.0 Å². The van der Waals surface area contributed by atoms with Crippen LogP contribution in [-0.2, 0) is 30.4 Å². The van der Waals surface area contributed by atoms with Crippen LogP contribution >= 0.6 is 0 Å². The van der Waals surface area contributed by atoms with E-state index in [1.165, 1.54) is 31.3 Å². The first kappa shape index (κ1) is 28.4. The topological polar surface area (TPSA) is 191 Å². The quantitative estimate of drug-likeness (QED) is 0.138. The number of carboxylic acid groups (broad SMARTS) is 3. The van der Waals surface area contributed by atoms with Gasteiger partial charge in [0.15, 0.2) is 0 Å². The Labute approximate surface area is 196 Å². The van der Waals surface area contributed by atoms with Crippen LogP contribution in [0.4, 0.5) is 0 Å². The van der Waals surface area contributed by atoms with Gasteiger partial charge in [-0.3, -0.25) is 14.4 Å². The van der Waals surface area contributed by atoms with Crippen molar-refractivity contribution < 1.29 is 44.0 Å². The molecule has 0 bridgehead atoms. The Kier molecular flexibility index (Phi) is 12.1. The van der Waals surface area contributed by atoms with Crippen LogP contribution in [-0.4, -0.2) is 76.8 Å². The second-order valence-corrected chi connectivity index (χ2v) is 7.52. The largest absolute Gasteiger partial charge is 0.481 e. The number of carbonyl (C=O) groups excluding carboxylic acids is 2. The van der Waals surface area contributed by atoms with Gasteiger partial charge >= 0.3 is 17.9 Å². The molecule has 2 atom stereocenters. The molecule has 188 valence electrons. The predicted molar refractivity (Wildman–Crippen MR) is 119 cm³/mol. The smallest absolute Gasteiger partial charge is 0.356 e.